The molecular weight excluding hydrogens is 285 g/mol. The highest BCUT2D eigenvalue weighted by atomic mass is 35.5. The van der Waals surface area contributed by atoms with Gasteiger partial charge in [-0.25, -0.2) is 4.39 Å². The highest BCUT2D eigenvalue weighted by Gasteiger charge is 2.13. The lowest BCUT2D eigenvalue weighted by Crippen LogP contribution is -2.03. The number of aryl methyl sites for hydroxylation is 1. The molecule has 1 unspecified atom stereocenters. The molecule has 0 fully saturated rings. The normalized spacial score (nSPS) is 12.4. The van der Waals surface area contributed by atoms with Gasteiger partial charge < -0.3 is 5.73 Å². The summed E-state index contributed by atoms with van der Waals surface area (Å²) < 4.78 is 26.0. The van der Waals surface area contributed by atoms with Crippen molar-refractivity contribution in [1.82, 2.24) is 0 Å². The first-order chi connectivity index (χ1) is 8.99. The Kier molecular flexibility index (Phi) is 4.22. The predicted molar refractivity (Wildman–Crippen MR) is 77.1 cm³/mol. The summed E-state index contributed by atoms with van der Waals surface area (Å²) in [5.74, 6) is -0.469. The van der Waals surface area contributed by atoms with Crippen molar-refractivity contribution in [2.24, 2.45) is 0 Å². The maximum atomic E-state index is 13.8. The van der Waals surface area contributed by atoms with E-state index in [1.165, 1.54) is 6.07 Å². The fraction of sp³-hybridized carbons (Fsp3) is 0.143. The van der Waals surface area contributed by atoms with E-state index in [0.29, 0.717) is 16.1 Å². The number of halogens is 2. The Bertz CT molecular complexity index is 645. The van der Waals surface area contributed by atoms with Gasteiger partial charge in [0.05, 0.1) is 26.5 Å². The van der Waals surface area contributed by atoms with Crippen molar-refractivity contribution in [3.05, 3.63) is 58.4 Å². The number of nitrogens with two attached hydrogens (primary N) is 1. The zero-order valence-electron chi connectivity index (χ0n) is 10.3. The fourth-order valence-electron chi connectivity index (χ4n) is 1.72. The summed E-state index contributed by atoms with van der Waals surface area (Å²) in [5.41, 5.74) is 7.54. The highest BCUT2D eigenvalue weighted by Crippen LogP contribution is 2.24. The zero-order valence-corrected chi connectivity index (χ0v) is 11.9. The van der Waals surface area contributed by atoms with Crippen LogP contribution in [0.2, 0.25) is 5.02 Å². The molecule has 2 N–H and O–H groups in total. The van der Waals surface area contributed by atoms with Crippen molar-refractivity contribution in [2.75, 3.05) is 5.73 Å². The number of benzene rings is 2. The molecule has 0 aliphatic rings. The second-order valence-electron chi connectivity index (χ2n) is 4.24. The van der Waals surface area contributed by atoms with Crippen LogP contribution < -0.4 is 5.73 Å². The number of rotatable bonds is 3. The first kappa shape index (κ1) is 14.0. The number of anilines is 1. The minimum Gasteiger partial charge on any atom is -0.398 e. The number of nitrogen functional groups attached to an aromatic ring is 1. The molecular formula is C14H13ClFNOS. The molecule has 2 aromatic carbocycles. The van der Waals surface area contributed by atoms with E-state index in [1.54, 1.807) is 24.3 Å². The number of hydrogen-bond acceptors (Lipinski definition) is 2. The first-order valence-electron chi connectivity index (χ1n) is 5.66. The molecule has 0 saturated carbocycles. The average Bonchev–Trinajstić information content (AvgIpc) is 2.38. The topological polar surface area (TPSA) is 43.1 Å². The van der Waals surface area contributed by atoms with Crippen molar-refractivity contribution in [3.8, 4) is 0 Å². The van der Waals surface area contributed by atoms with E-state index < -0.39 is 16.6 Å². The van der Waals surface area contributed by atoms with Crippen LogP contribution >= 0.6 is 11.6 Å². The maximum Gasteiger partial charge on any atom is 0.145 e. The summed E-state index contributed by atoms with van der Waals surface area (Å²) in [4.78, 5) is 0.527. The van der Waals surface area contributed by atoms with Crippen LogP contribution in [-0.2, 0) is 16.6 Å². The Morgan fingerprint density at radius 1 is 1.32 bits per heavy atom. The second kappa shape index (κ2) is 5.72. The van der Waals surface area contributed by atoms with Gasteiger partial charge in [0, 0.05) is 11.3 Å². The van der Waals surface area contributed by atoms with E-state index in [-0.39, 0.29) is 10.8 Å². The molecule has 2 nitrogen and oxygen atoms in total. The van der Waals surface area contributed by atoms with Gasteiger partial charge in [0.2, 0.25) is 0 Å². The fourth-order valence-corrected chi connectivity index (χ4v) is 3.22. The summed E-state index contributed by atoms with van der Waals surface area (Å²) in [7, 11) is -1.40. The molecule has 0 bridgehead atoms. The van der Waals surface area contributed by atoms with E-state index in [9.17, 15) is 8.60 Å². The smallest absolute Gasteiger partial charge is 0.145 e. The third-order valence-electron chi connectivity index (χ3n) is 2.73. The van der Waals surface area contributed by atoms with Crippen molar-refractivity contribution >= 4 is 28.1 Å². The van der Waals surface area contributed by atoms with Crippen LogP contribution in [0.25, 0.3) is 0 Å². The first-order valence-corrected chi connectivity index (χ1v) is 7.36. The Morgan fingerprint density at radius 3 is 2.79 bits per heavy atom. The van der Waals surface area contributed by atoms with Crippen molar-refractivity contribution in [1.29, 1.82) is 0 Å². The molecule has 0 aliphatic carbocycles. The van der Waals surface area contributed by atoms with Crippen molar-refractivity contribution < 1.29 is 8.60 Å². The lowest BCUT2D eigenvalue weighted by atomic mass is 10.2. The molecule has 0 spiro atoms. The monoisotopic (exact) mass is 297 g/mol. The van der Waals surface area contributed by atoms with Gasteiger partial charge in [0.1, 0.15) is 5.82 Å². The van der Waals surface area contributed by atoms with Crippen LogP contribution in [0.3, 0.4) is 0 Å². The zero-order chi connectivity index (χ0) is 14.0. The number of hydrogen-bond donors (Lipinski definition) is 1. The van der Waals surface area contributed by atoms with Crippen LogP contribution in [0.5, 0.6) is 0 Å². The van der Waals surface area contributed by atoms with Crippen LogP contribution in [-0.4, -0.2) is 4.21 Å². The highest BCUT2D eigenvalue weighted by molar-refractivity contribution is 7.84. The molecule has 1 atom stereocenters. The van der Waals surface area contributed by atoms with E-state index in [4.69, 9.17) is 17.3 Å². The SMILES string of the molecule is Cc1ccc(N)c(S(=O)Cc2cccc(Cl)c2F)c1. The summed E-state index contributed by atoms with van der Waals surface area (Å²) in [5, 5.41) is 0.0340. The Hall–Kier alpha value is -1.39. The summed E-state index contributed by atoms with van der Waals surface area (Å²) >= 11 is 5.70. The van der Waals surface area contributed by atoms with Crippen LogP contribution in [0.1, 0.15) is 11.1 Å². The predicted octanol–water partition coefficient (Wildman–Crippen LogP) is 3.68. The molecule has 19 heavy (non-hydrogen) atoms. The van der Waals surface area contributed by atoms with E-state index in [1.807, 2.05) is 13.0 Å². The molecule has 0 aromatic heterocycles. The molecule has 0 amide bonds. The summed E-state index contributed by atoms with van der Waals surface area (Å²) in [6, 6.07) is 9.98. The molecule has 0 heterocycles. The molecule has 0 aliphatic heterocycles. The van der Waals surface area contributed by atoms with Gasteiger partial charge in [0.25, 0.3) is 0 Å². The van der Waals surface area contributed by atoms with Gasteiger partial charge in [-0.1, -0.05) is 29.8 Å². The minimum atomic E-state index is -1.40. The van der Waals surface area contributed by atoms with Crippen LogP contribution in [0, 0.1) is 12.7 Å². The van der Waals surface area contributed by atoms with Crippen LogP contribution in [0.15, 0.2) is 41.3 Å². The largest absolute Gasteiger partial charge is 0.398 e. The Labute approximate surface area is 118 Å². The molecule has 0 saturated heterocycles. The van der Waals surface area contributed by atoms with Gasteiger partial charge in [-0.3, -0.25) is 4.21 Å². The van der Waals surface area contributed by atoms with Crippen LogP contribution in [0.4, 0.5) is 10.1 Å². The minimum absolute atomic E-state index is 0.0340. The van der Waals surface area contributed by atoms with E-state index in [0.717, 1.165) is 5.56 Å². The third kappa shape index (κ3) is 3.14. The molecule has 5 heteroatoms. The third-order valence-corrected chi connectivity index (χ3v) is 4.44. The molecule has 2 rings (SSSR count). The van der Waals surface area contributed by atoms with Gasteiger partial charge in [-0.15, -0.1) is 0 Å². The maximum absolute atomic E-state index is 13.8. The lowest BCUT2D eigenvalue weighted by molar-refractivity contribution is 0.615. The molecule has 2 aromatic rings. The Morgan fingerprint density at radius 2 is 2.05 bits per heavy atom. The Balaban J connectivity index is 2.31. The average molecular weight is 298 g/mol. The van der Waals surface area contributed by atoms with Gasteiger partial charge in [0.15, 0.2) is 0 Å². The van der Waals surface area contributed by atoms with Gasteiger partial charge >= 0.3 is 0 Å². The van der Waals surface area contributed by atoms with E-state index in [2.05, 4.69) is 0 Å². The molecule has 0 radical (unpaired) electrons. The summed E-state index contributed by atoms with van der Waals surface area (Å²) in [6.07, 6.45) is 0. The van der Waals surface area contributed by atoms with E-state index >= 15 is 0 Å². The standard InChI is InChI=1S/C14H13ClFNOS/c1-9-5-6-12(17)13(7-9)19(18)8-10-3-2-4-11(15)14(10)16/h2-7H,8,17H2,1H3. The van der Waals surface area contributed by atoms with Gasteiger partial charge in [-0.2, -0.15) is 0 Å². The van der Waals surface area contributed by atoms with Crippen molar-refractivity contribution in [3.63, 3.8) is 0 Å². The summed E-state index contributed by atoms with van der Waals surface area (Å²) in [6.45, 7) is 1.89. The second-order valence-corrected chi connectivity index (χ2v) is 6.07. The van der Waals surface area contributed by atoms with Gasteiger partial charge in [-0.05, 0) is 30.7 Å². The lowest BCUT2D eigenvalue weighted by Gasteiger charge is -2.08. The molecule has 100 valence electrons. The quantitative estimate of drug-likeness (QED) is 0.878. The van der Waals surface area contributed by atoms with Crippen molar-refractivity contribution in [2.45, 2.75) is 17.6 Å².